The van der Waals surface area contributed by atoms with Gasteiger partial charge in [0.25, 0.3) is 5.91 Å². The van der Waals surface area contributed by atoms with Crippen molar-refractivity contribution in [2.75, 3.05) is 30.4 Å². The van der Waals surface area contributed by atoms with Gasteiger partial charge in [0.15, 0.2) is 5.78 Å². The normalized spacial score (nSPS) is 17.7. The van der Waals surface area contributed by atoms with Gasteiger partial charge in [0.1, 0.15) is 6.04 Å². The number of alkyl halides is 3. The van der Waals surface area contributed by atoms with Crippen LogP contribution in [-0.2, 0) is 16.1 Å². The summed E-state index contributed by atoms with van der Waals surface area (Å²) in [7, 11) is 1.38. The van der Waals surface area contributed by atoms with Gasteiger partial charge >= 0.3 is 18.1 Å². The molecule has 2 bridgehead atoms. The number of piperidine rings is 1. The second kappa shape index (κ2) is 13.4. The summed E-state index contributed by atoms with van der Waals surface area (Å²) in [6.07, 6.45) is 0.436. The monoisotopic (exact) mass is 655 g/mol. The van der Waals surface area contributed by atoms with Gasteiger partial charge in [0.05, 0.1) is 18.2 Å². The minimum absolute atomic E-state index is 0.0706. The van der Waals surface area contributed by atoms with Crippen LogP contribution in [0.3, 0.4) is 0 Å². The number of carboxylic acid groups (broad SMARTS) is 1. The lowest BCUT2D eigenvalue weighted by Gasteiger charge is -2.38. The lowest BCUT2D eigenvalue weighted by atomic mass is 9.82. The van der Waals surface area contributed by atoms with Crippen LogP contribution in [0.15, 0.2) is 66.7 Å². The molecule has 3 aliphatic rings. The fraction of sp³-hybridized carbons (Fsp3) is 0.273. The van der Waals surface area contributed by atoms with E-state index in [2.05, 4.69) is 10.2 Å². The number of halogens is 4. The molecule has 6 rings (SSSR count). The maximum atomic E-state index is 13.9. The van der Waals surface area contributed by atoms with Crippen molar-refractivity contribution in [3.63, 3.8) is 0 Å². The average Bonchev–Trinajstić information content (AvgIpc) is 3.02. The number of benzene rings is 3. The second-order valence-electron chi connectivity index (χ2n) is 11.0. The molecule has 1 unspecified atom stereocenters. The van der Waals surface area contributed by atoms with Gasteiger partial charge in [-0.05, 0) is 60.4 Å². The number of carbonyl (C=O) groups is 4. The number of fused-ring (bicyclic) bond motifs is 1. The number of hydrogen-bond acceptors (Lipinski definition) is 7. The minimum atomic E-state index is -5.08. The summed E-state index contributed by atoms with van der Waals surface area (Å²) in [5.41, 5.74) is 4.71. The van der Waals surface area contributed by atoms with Crippen LogP contribution in [-0.4, -0.2) is 72.1 Å². The first-order valence-corrected chi connectivity index (χ1v) is 14.7. The van der Waals surface area contributed by atoms with Gasteiger partial charge in [-0.1, -0.05) is 48.0 Å². The Morgan fingerprint density at radius 2 is 1.70 bits per heavy atom. The number of methoxy groups -OCH3 is 1. The molecular formula is C33H29ClF3N3O6. The lowest BCUT2D eigenvalue weighted by molar-refractivity contribution is -0.192. The maximum Gasteiger partial charge on any atom is 0.490 e. The third-order valence-electron chi connectivity index (χ3n) is 7.98. The zero-order valence-electron chi connectivity index (χ0n) is 24.5. The fourth-order valence-electron chi connectivity index (χ4n) is 5.73. The molecular weight excluding hydrogens is 627 g/mol. The summed E-state index contributed by atoms with van der Waals surface area (Å²) in [4.78, 5) is 51.9. The average molecular weight is 656 g/mol. The van der Waals surface area contributed by atoms with E-state index in [9.17, 15) is 27.6 Å². The lowest BCUT2D eigenvalue weighted by Crippen LogP contribution is -2.51. The number of rotatable bonds is 6. The third-order valence-corrected chi connectivity index (χ3v) is 8.21. The highest BCUT2D eigenvalue weighted by Crippen LogP contribution is 2.39. The van der Waals surface area contributed by atoms with Crippen molar-refractivity contribution < 1.29 is 42.2 Å². The standard InChI is InChI=1S/C31H28ClN3O4.C2HF3O2/c1-39-31(38)21-7-5-19(6-8-21)18-34-15-13-23(14-16-34)33-25-11-9-20-10-12-26-29(36)27(20)28(25)30(37)35(26)24-4-2-3-22(32)17-24;3-2(4,5)1(6)7/h2-12,17,23,26,33H,13-16,18H2,1H3;(H,6,7). The molecule has 1 saturated heterocycles. The molecule has 0 radical (unpaired) electrons. The van der Waals surface area contributed by atoms with E-state index in [1.54, 1.807) is 47.4 Å². The molecule has 3 aromatic rings. The number of likely N-dealkylation sites (tertiary alicyclic amines) is 1. The highest BCUT2D eigenvalue weighted by molar-refractivity contribution is 6.31. The molecule has 0 spiro atoms. The first kappa shape index (κ1) is 32.7. The number of ketones is 1. The predicted octanol–water partition coefficient (Wildman–Crippen LogP) is 6.07. The number of esters is 1. The van der Waals surface area contributed by atoms with Crippen LogP contribution in [0, 0.1) is 0 Å². The number of aliphatic carboxylic acids is 1. The number of nitrogens with zero attached hydrogens (tertiary/aromatic N) is 2. The van der Waals surface area contributed by atoms with Crippen LogP contribution in [0.4, 0.5) is 24.5 Å². The van der Waals surface area contributed by atoms with Gasteiger partial charge in [-0.3, -0.25) is 19.4 Å². The largest absolute Gasteiger partial charge is 0.490 e. The highest BCUT2D eigenvalue weighted by Gasteiger charge is 2.43. The predicted molar refractivity (Wildman–Crippen MR) is 165 cm³/mol. The summed E-state index contributed by atoms with van der Waals surface area (Å²) >= 11 is 6.22. The molecule has 0 saturated carbocycles. The Bertz CT molecular complexity index is 1700. The number of Topliss-reactive ketones (excluding diaryl/α,β-unsaturated/α-hetero) is 1. The van der Waals surface area contributed by atoms with Crippen LogP contribution < -0.4 is 10.2 Å². The van der Waals surface area contributed by atoms with Gasteiger partial charge < -0.3 is 15.2 Å². The van der Waals surface area contributed by atoms with E-state index >= 15 is 0 Å². The quantitative estimate of drug-likeness (QED) is 0.307. The fourth-order valence-corrected chi connectivity index (χ4v) is 5.91. The van der Waals surface area contributed by atoms with E-state index < -0.39 is 18.2 Å². The Labute approximate surface area is 267 Å². The van der Waals surface area contributed by atoms with Crippen LogP contribution in [0.2, 0.25) is 5.02 Å². The molecule has 2 heterocycles. The summed E-state index contributed by atoms with van der Waals surface area (Å²) in [6.45, 7) is 2.58. The second-order valence-corrected chi connectivity index (χ2v) is 11.4. The number of ether oxygens (including phenoxy) is 1. The van der Waals surface area contributed by atoms with Gasteiger partial charge in [-0.15, -0.1) is 0 Å². The highest BCUT2D eigenvalue weighted by atomic mass is 35.5. The van der Waals surface area contributed by atoms with Crippen molar-refractivity contribution in [2.45, 2.75) is 37.6 Å². The van der Waals surface area contributed by atoms with Gasteiger partial charge in [-0.2, -0.15) is 13.2 Å². The molecule has 13 heteroatoms. The summed E-state index contributed by atoms with van der Waals surface area (Å²) < 4.78 is 36.5. The molecule has 1 atom stereocenters. The first-order chi connectivity index (χ1) is 21.9. The zero-order valence-corrected chi connectivity index (χ0v) is 25.3. The molecule has 3 aromatic carbocycles. The van der Waals surface area contributed by atoms with Crippen LogP contribution in [0.5, 0.6) is 0 Å². The molecule has 1 amide bonds. The Hall–Kier alpha value is -4.68. The number of nitrogens with one attached hydrogen (secondary N) is 1. The molecule has 0 aromatic heterocycles. The topological polar surface area (TPSA) is 116 Å². The minimum Gasteiger partial charge on any atom is -0.475 e. The van der Waals surface area contributed by atoms with E-state index in [0.717, 1.165) is 43.6 Å². The van der Waals surface area contributed by atoms with Crippen LogP contribution in [0.1, 0.15) is 55.0 Å². The van der Waals surface area contributed by atoms with Gasteiger partial charge in [0, 0.05) is 47.6 Å². The number of amides is 1. The third kappa shape index (κ3) is 6.92. The Morgan fingerprint density at radius 3 is 2.30 bits per heavy atom. The summed E-state index contributed by atoms with van der Waals surface area (Å²) in [5, 5.41) is 11.2. The SMILES string of the molecule is COC(=O)c1ccc(CN2CCC(Nc3ccc4c5c3C(=O)N(c3cccc(Cl)c3)C(C=C4)C5=O)CC2)cc1.O=C(O)C(F)(F)F. The maximum absolute atomic E-state index is 13.9. The molecule has 9 nitrogen and oxygen atoms in total. The Balaban J connectivity index is 0.000000537. The van der Waals surface area contributed by atoms with Crippen LogP contribution in [0.25, 0.3) is 6.08 Å². The first-order valence-electron chi connectivity index (χ1n) is 14.3. The van der Waals surface area contributed by atoms with E-state index in [1.165, 1.54) is 7.11 Å². The Kier molecular flexibility index (Phi) is 9.50. The van der Waals surface area contributed by atoms with Gasteiger partial charge in [-0.25, -0.2) is 9.59 Å². The molecule has 46 heavy (non-hydrogen) atoms. The number of carbonyl (C=O) groups excluding carboxylic acids is 3. The molecule has 1 fully saturated rings. The van der Waals surface area contributed by atoms with Crippen molar-refractivity contribution in [2.24, 2.45) is 0 Å². The number of anilines is 2. The molecule has 240 valence electrons. The van der Waals surface area contributed by atoms with E-state index in [-0.39, 0.29) is 23.7 Å². The van der Waals surface area contributed by atoms with Crippen molar-refractivity contribution >= 4 is 52.7 Å². The van der Waals surface area contributed by atoms with Gasteiger partial charge in [0.2, 0.25) is 0 Å². The van der Waals surface area contributed by atoms with E-state index in [4.69, 9.17) is 26.2 Å². The smallest absolute Gasteiger partial charge is 0.475 e. The van der Waals surface area contributed by atoms with Crippen LogP contribution >= 0.6 is 11.6 Å². The van der Waals surface area contributed by atoms with Crippen molar-refractivity contribution in [3.8, 4) is 0 Å². The van der Waals surface area contributed by atoms with Crippen molar-refractivity contribution in [1.82, 2.24) is 4.90 Å². The molecule has 1 aliphatic carbocycles. The zero-order chi connectivity index (χ0) is 33.2. The van der Waals surface area contributed by atoms with Crippen molar-refractivity contribution in [1.29, 1.82) is 0 Å². The number of carboxylic acids is 1. The Morgan fingerprint density at radius 1 is 1.02 bits per heavy atom. The summed E-state index contributed by atoms with van der Waals surface area (Å²) in [6, 6.07) is 17.9. The number of hydrogen-bond donors (Lipinski definition) is 2. The summed E-state index contributed by atoms with van der Waals surface area (Å²) in [5.74, 6) is -3.36. The van der Waals surface area contributed by atoms with Crippen molar-refractivity contribution in [3.05, 3.63) is 99.6 Å². The van der Waals surface area contributed by atoms with E-state index in [1.807, 2.05) is 30.3 Å². The van der Waals surface area contributed by atoms with E-state index in [0.29, 0.717) is 33.1 Å². The molecule has 2 aliphatic heterocycles. The molecule has 2 N–H and O–H groups in total.